The Morgan fingerprint density at radius 1 is 1.21 bits per heavy atom. The molecule has 0 fully saturated rings. The third-order valence-corrected chi connectivity index (χ3v) is 3.80. The smallest absolute Gasteiger partial charge is 0.129 e. The fraction of sp³-hybridized carbons (Fsp3) is 0.133. The highest BCUT2D eigenvalue weighted by atomic mass is 79.9. The molecule has 0 aliphatic carbocycles. The number of imidazole rings is 1. The highest BCUT2D eigenvalue weighted by molar-refractivity contribution is 9.10. The van der Waals surface area contributed by atoms with Gasteiger partial charge in [0.2, 0.25) is 0 Å². The highest BCUT2D eigenvalue weighted by Gasteiger charge is 2.11. The molecule has 96 valence electrons. The van der Waals surface area contributed by atoms with Crippen molar-refractivity contribution < 1.29 is 0 Å². The first-order valence-electron chi connectivity index (χ1n) is 5.99. The number of alkyl halides is 1. The molecule has 2 aromatic carbocycles. The topological polar surface area (TPSA) is 17.8 Å². The van der Waals surface area contributed by atoms with Crippen molar-refractivity contribution in [3.8, 4) is 5.69 Å². The Morgan fingerprint density at radius 2 is 2.05 bits per heavy atom. The summed E-state index contributed by atoms with van der Waals surface area (Å²) in [7, 11) is 0. The standard InChI is InChI=1S/C15H12BrClN2/c1-10-5-6-14-13(7-10)18-15(9-17)19(14)12-4-2-3-11(16)8-12/h2-8H,9H2,1H3. The first-order valence-corrected chi connectivity index (χ1v) is 7.31. The number of aromatic nitrogens is 2. The summed E-state index contributed by atoms with van der Waals surface area (Å²) in [6.07, 6.45) is 0. The fourth-order valence-corrected chi connectivity index (χ4v) is 2.80. The van der Waals surface area contributed by atoms with Gasteiger partial charge >= 0.3 is 0 Å². The monoisotopic (exact) mass is 334 g/mol. The molecule has 0 saturated carbocycles. The summed E-state index contributed by atoms with van der Waals surface area (Å²) in [5.74, 6) is 1.25. The molecule has 0 radical (unpaired) electrons. The lowest BCUT2D eigenvalue weighted by atomic mass is 10.2. The van der Waals surface area contributed by atoms with Crippen molar-refractivity contribution in [2.45, 2.75) is 12.8 Å². The maximum absolute atomic E-state index is 6.04. The van der Waals surface area contributed by atoms with E-state index in [1.54, 1.807) is 0 Å². The molecule has 0 unspecified atom stereocenters. The molecule has 0 bridgehead atoms. The van der Waals surface area contributed by atoms with E-state index >= 15 is 0 Å². The van der Waals surface area contributed by atoms with Crippen molar-refractivity contribution in [1.29, 1.82) is 0 Å². The van der Waals surface area contributed by atoms with Crippen LogP contribution in [0.1, 0.15) is 11.4 Å². The quantitative estimate of drug-likeness (QED) is 0.613. The Kier molecular flexibility index (Phi) is 3.33. The molecule has 0 saturated heterocycles. The average Bonchev–Trinajstić information content (AvgIpc) is 2.76. The van der Waals surface area contributed by atoms with Crippen LogP contribution in [0.25, 0.3) is 16.7 Å². The van der Waals surface area contributed by atoms with Gasteiger partial charge in [0.1, 0.15) is 5.82 Å². The first-order chi connectivity index (χ1) is 9.19. The van der Waals surface area contributed by atoms with Gasteiger partial charge < -0.3 is 0 Å². The summed E-state index contributed by atoms with van der Waals surface area (Å²) in [5.41, 5.74) is 4.33. The summed E-state index contributed by atoms with van der Waals surface area (Å²) >= 11 is 9.54. The molecule has 4 heteroatoms. The van der Waals surface area contributed by atoms with Crippen molar-refractivity contribution in [2.75, 3.05) is 0 Å². The lowest BCUT2D eigenvalue weighted by Gasteiger charge is -2.08. The van der Waals surface area contributed by atoms with Crippen molar-refractivity contribution in [3.63, 3.8) is 0 Å². The van der Waals surface area contributed by atoms with E-state index in [-0.39, 0.29) is 0 Å². The summed E-state index contributed by atoms with van der Waals surface area (Å²) in [6.45, 7) is 2.07. The molecule has 0 amide bonds. The minimum Gasteiger partial charge on any atom is -0.295 e. The molecular weight excluding hydrogens is 324 g/mol. The van der Waals surface area contributed by atoms with Crippen LogP contribution in [-0.2, 0) is 5.88 Å². The normalized spacial score (nSPS) is 11.1. The van der Waals surface area contributed by atoms with E-state index in [1.165, 1.54) is 5.56 Å². The van der Waals surface area contributed by atoms with Crippen LogP contribution in [0.3, 0.4) is 0 Å². The van der Waals surface area contributed by atoms with Crippen LogP contribution >= 0.6 is 27.5 Å². The van der Waals surface area contributed by atoms with Gasteiger partial charge in [0.15, 0.2) is 0 Å². The van der Waals surface area contributed by atoms with E-state index in [2.05, 4.69) is 62.7 Å². The summed E-state index contributed by atoms with van der Waals surface area (Å²) < 4.78 is 3.14. The molecule has 2 nitrogen and oxygen atoms in total. The Hall–Kier alpha value is -1.32. The van der Waals surface area contributed by atoms with Gasteiger partial charge in [0, 0.05) is 10.2 Å². The van der Waals surface area contributed by atoms with Crippen LogP contribution in [-0.4, -0.2) is 9.55 Å². The van der Waals surface area contributed by atoms with Gasteiger partial charge in [-0.25, -0.2) is 4.98 Å². The highest BCUT2D eigenvalue weighted by Crippen LogP contribution is 2.25. The Bertz CT molecular complexity index is 749. The number of hydrogen-bond acceptors (Lipinski definition) is 1. The van der Waals surface area contributed by atoms with Crippen LogP contribution in [0, 0.1) is 6.92 Å². The maximum Gasteiger partial charge on any atom is 0.129 e. The Morgan fingerprint density at radius 3 is 2.79 bits per heavy atom. The second-order valence-corrected chi connectivity index (χ2v) is 5.65. The number of aryl methyl sites for hydroxylation is 1. The predicted octanol–water partition coefficient (Wildman–Crippen LogP) is 4.84. The lowest BCUT2D eigenvalue weighted by Crippen LogP contribution is -1.99. The summed E-state index contributed by atoms with van der Waals surface area (Å²) in [4.78, 5) is 4.61. The van der Waals surface area contributed by atoms with Crippen LogP contribution in [0.5, 0.6) is 0 Å². The lowest BCUT2D eigenvalue weighted by molar-refractivity contribution is 0.981. The Balaban J connectivity index is 2.32. The van der Waals surface area contributed by atoms with E-state index in [9.17, 15) is 0 Å². The second-order valence-electron chi connectivity index (χ2n) is 4.47. The van der Waals surface area contributed by atoms with E-state index in [0.29, 0.717) is 5.88 Å². The van der Waals surface area contributed by atoms with Crippen LogP contribution in [0.2, 0.25) is 0 Å². The molecule has 0 spiro atoms. The molecule has 1 aromatic heterocycles. The number of halogens is 2. The zero-order valence-electron chi connectivity index (χ0n) is 10.4. The van der Waals surface area contributed by atoms with Crippen LogP contribution < -0.4 is 0 Å². The van der Waals surface area contributed by atoms with Crippen molar-refractivity contribution in [1.82, 2.24) is 9.55 Å². The molecule has 3 rings (SSSR count). The zero-order chi connectivity index (χ0) is 13.4. The van der Waals surface area contributed by atoms with Gasteiger partial charge in [-0.1, -0.05) is 28.1 Å². The largest absolute Gasteiger partial charge is 0.295 e. The Labute approximate surface area is 125 Å². The summed E-state index contributed by atoms with van der Waals surface area (Å²) in [6, 6.07) is 14.4. The van der Waals surface area contributed by atoms with E-state index in [0.717, 1.165) is 27.0 Å². The predicted molar refractivity (Wildman–Crippen MR) is 83.1 cm³/mol. The first kappa shape index (κ1) is 12.7. The fourth-order valence-electron chi connectivity index (χ4n) is 2.23. The molecule has 0 atom stereocenters. The van der Waals surface area contributed by atoms with E-state index < -0.39 is 0 Å². The minimum absolute atomic E-state index is 0.389. The third kappa shape index (κ3) is 2.28. The van der Waals surface area contributed by atoms with Crippen LogP contribution in [0.4, 0.5) is 0 Å². The van der Waals surface area contributed by atoms with Gasteiger partial charge in [-0.15, -0.1) is 11.6 Å². The van der Waals surface area contributed by atoms with Gasteiger partial charge in [0.25, 0.3) is 0 Å². The molecule has 3 aromatic rings. The van der Waals surface area contributed by atoms with Crippen molar-refractivity contribution in [3.05, 3.63) is 58.3 Å². The number of nitrogens with zero attached hydrogens (tertiary/aromatic N) is 2. The van der Waals surface area contributed by atoms with Gasteiger partial charge in [-0.3, -0.25) is 4.57 Å². The average molecular weight is 336 g/mol. The van der Waals surface area contributed by atoms with Crippen molar-refractivity contribution in [2.24, 2.45) is 0 Å². The molecule has 19 heavy (non-hydrogen) atoms. The molecule has 1 heterocycles. The number of benzene rings is 2. The van der Waals surface area contributed by atoms with Crippen LogP contribution in [0.15, 0.2) is 46.9 Å². The molecule has 0 N–H and O–H groups in total. The van der Waals surface area contributed by atoms with E-state index in [1.807, 2.05) is 12.1 Å². The molecule has 0 aliphatic rings. The number of fused-ring (bicyclic) bond motifs is 1. The van der Waals surface area contributed by atoms with Crippen molar-refractivity contribution >= 4 is 38.6 Å². The second kappa shape index (κ2) is 4.99. The van der Waals surface area contributed by atoms with Gasteiger partial charge in [-0.2, -0.15) is 0 Å². The zero-order valence-corrected chi connectivity index (χ0v) is 12.7. The minimum atomic E-state index is 0.389. The van der Waals surface area contributed by atoms with E-state index in [4.69, 9.17) is 11.6 Å². The summed E-state index contributed by atoms with van der Waals surface area (Å²) in [5, 5.41) is 0. The molecule has 0 aliphatic heterocycles. The van der Waals surface area contributed by atoms with Gasteiger partial charge in [-0.05, 0) is 42.8 Å². The molecular formula is C15H12BrClN2. The SMILES string of the molecule is Cc1ccc2c(c1)nc(CCl)n2-c1cccc(Br)c1. The maximum atomic E-state index is 6.04. The third-order valence-electron chi connectivity index (χ3n) is 3.07. The number of hydrogen-bond donors (Lipinski definition) is 0. The van der Waals surface area contributed by atoms with Gasteiger partial charge in [0.05, 0.1) is 16.9 Å². The number of rotatable bonds is 2.